The number of nitrogens with one attached hydrogen (secondary N) is 2. The van der Waals surface area contributed by atoms with Crippen molar-refractivity contribution >= 4 is 5.91 Å². The summed E-state index contributed by atoms with van der Waals surface area (Å²) in [7, 11) is 0. The molecule has 1 aliphatic heterocycles. The van der Waals surface area contributed by atoms with Crippen LogP contribution in [-0.4, -0.2) is 43.4 Å². The van der Waals surface area contributed by atoms with Crippen molar-refractivity contribution in [3.63, 3.8) is 0 Å². The van der Waals surface area contributed by atoms with Gasteiger partial charge in [-0.2, -0.15) is 0 Å². The van der Waals surface area contributed by atoms with E-state index in [-0.39, 0.29) is 12.5 Å². The minimum atomic E-state index is -4.60. The molecule has 1 fully saturated rings. The first kappa shape index (κ1) is 17.7. The molecule has 1 aromatic carbocycles. The van der Waals surface area contributed by atoms with Crippen molar-refractivity contribution in [3.8, 4) is 0 Å². The van der Waals surface area contributed by atoms with Gasteiger partial charge in [-0.1, -0.05) is 12.1 Å². The molecule has 1 heterocycles. The molecule has 1 saturated heterocycles. The van der Waals surface area contributed by atoms with Crippen LogP contribution in [-0.2, 0) is 11.3 Å². The van der Waals surface area contributed by atoms with Crippen LogP contribution in [0.2, 0.25) is 0 Å². The van der Waals surface area contributed by atoms with Crippen LogP contribution in [0.3, 0.4) is 0 Å². The summed E-state index contributed by atoms with van der Waals surface area (Å²) in [5.41, 5.74) is 7.02. The molecule has 0 aliphatic carbocycles. The second kappa shape index (κ2) is 8.28. The van der Waals surface area contributed by atoms with Crippen molar-refractivity contribution in [1.29, 1.82) is 0 Å². The van der Waals surface area contributed by atoms with E-state index in [2.05, 4.69) is 15.6 Å². The SMILES string of the molecule is O=C(c1ccc(CNNCCOC(F)(F)F)cc1)N1CCCC1. The molecule has 0 bridgehead atoms. The van der Waals surface area contributed by atoms with Gasteiger partial charge in [-0.25, -0.2) is 0 Å². The first-order valence-corrected chi connectivity index (χ1v) is 7.50. The Morgan fingerprint density at radius 2 is 1.78 bits per heavy atom. The lowest BCUT2D eigenvalue weighted by Gasteiger charge is -2.15. The summed E-state index contributed by atoms with van der Waals surface area (Å²) in [5, 5.41) is 0. The van der Waals surface area contributed by atoms with E-state index in [0.29, 0.717) is 12.1 Å². The predicted molar refractivity (Wildman–Crippen MR) is 78.4 cm³/mol. The van der Waals surface area contributed by atoms with Gasteiger partial charge in [-0.05, 0) is 30.5 Å². The lowest BCUT2D eigenvalue weighted by atomic mass is 10.1. The van der Waals surface area contributed by atoms with E-state index in [0.717, 1.165) is 31.5 Å². The Labute approximate surface area is 132 Å². The Bertz CT molecular complexity index is 500. The number of benzene rings is 1. The maximum atomic E-state index is 12.2. The smallest absolute Gasteiger partial charge is 0.339 e. The lowest BCUT2D eigenvalue weighted by molar-refractivity contribution is -0.323. The number of ether oxygens (including phenoxy) is 1. The van der Waals surface area contributed by atoms with E-state index in [1.165, 1.54) is 0 Å². The number of carbonyl (C=O) groups is 1. The molecule has 23 heavy (non-hydrogen) atoms. The standard InChI is InChI=1S/C15H20F3N3O2/c16-15(17,18)23-10-7-19-20-11-12-3-5-13(6-4-12)14(22)21-8-1-2-9-21/h3-6,19-20H,1-2,7-11H2. The summed E-state index contributed by atoms with van der Waals surface area (Å²) in [5.74, 6) is 0.0458. The van der Waals surface area contributed by atoms with E-state index in [1.807, 2.05) is 17.0 Å². The third-order valence-corrected chi connectivity index (χ3v) is 3.50. The number of halogens is 3. The van der Waals surface area contributed by atoms with Gasteiger partial charge in [0.15, 0.2) is 0 Å². The number of rotatable bonds is 7. The fraction of sp³-hybridized carbons (Fsp3) is 0.533. The van der Waals surface area contributed by atoms with Crippen LogP contribution < -0.4 is 10.9 Å². The summed E-state index contributed by atoms with van der Waals surface area (Å²) in [6.07, 6.45) is -2.49. The molecule has 0 atom stereocenters. The number of likely N-dealkylation sites (tertiary alicyclic amines) is 1. The van der Waals surface area contributed by atoms with Crippen molar-refractivity contribution in [2.24, 2.45) is 0 Å². The van der Waals surface area contributed by atoms with Crippen molar-refractivity contribution in [2.75, 3.05) is 26.2 Å². The maximum Gasteiger partial charge on any atom is 0.522 e. The molecule has 0 radical (unpaired) electrons. The molecule has 0 unspecified atom stereocenters. The molecule has 0 saturated carbocycles. The van der Waals surface area contributed by atoms with Gasteiger partial charge in [0.05, 0.1) is 6.61 Å². The fourth-order valence-electron chi connectivity index (χ4n) is 2.34. The summed E-state index contributed by atoms with van der Waals surface area (Å²) in [4.78, 5) is 14.0. The number of alkyl halides is 3. The zero-order valence-electron chi connectivity index (χ0n) is 12.7. The van der Waals surface area contributed by atoms with Crippen LogP contribution in [0, 0.1) is 0 Å². The molecule has 8 heteroatoms. The molecule has 2 N–H and O–H groups in total. The molecule has 5 nitrogen and oxygen atoms in total. The Hall–Kier alpha value is -1.64. The van der Waals surface area contributed by atoms with E-state index in [9.17, 15) is 18.0 Å². The molecule has 0 spiro atoms. The van der Waals surface area contributed by atoms with Crippen LogP contribution in [0.25, 0.3) is 0 Å². The summed E-state index contributed by atoms with van der Waals surface area (Å²) >= 11 is 0. The van der Waals surface area contributed by atoms with Crippen molar-refractivity contribution < 1.29 is 22.7 Å². The van der Waals surface area contributed by atoms with Gasteiger partial charge in [0.2, 0.25) is 0 Å². The Morgan fingerprint density at radius 3 is 2.39 bits per heavy atom. The quantitative estimate of drug-likeness (QED) is 0.593. The molecule has 1 amide bonds. The number of hydrogen-bond acceptors (Lipinski definition) is 4. The van der Waals surface area contributed by atoms with Gasteiger partial charge < -0.3 is 4.90 Å². The Kier molecular flexibility index (Phi) is 6.37. The highest BCUT2D eigenvalue weighted by Crippen LogP contribution is 2.15. The number of hydrogen-bond donors (Lipinski definition) is 2. The normalized spacial score (nSPS) is 15.2. The van der Waals surface area contributed by atoms with E-state index >= 15 is 0 Å². The monoisotopic (exact) mass is 331 g/mol. The third kappa shape index (κ3) is 6.17. The van der Waals surface area contributed by atoms with Crippen LogP contribution in [0.4, 0.5) is 13.2 Å². The molecule has 1 aromatic rings. The van der Waals surface area contributed by atoms with Crippen LogP contribution in [0.5, 0.6) is 0 Å². The van der Waals surface area contributed by atoms with Crippen molar-refractivity contribution in [2.45, 2.75) is 25.7 Å². The minimum absolute atomic E-state index is 0.0328. The van der Waals surface area contributed by atoms with Gasteiger partial charge in [-0.3, -0.25) is 20.4 Å². The van der Waals surface area contributed by atoms with Gasteiger partial charge in [-0.15, -0.1) is 13.2 Å². The highest BCUT2D eigenvalue weighted by molar-refractivity contribution is 5.94. The van der Waals surface area contributed by atoms with Crippen LogP contribution >= 0.6 is 0 Å². The largest absolute Gasteiger partial charge is 0.522 e. The van der Waals surface area contributed by atoms with Gasteiger partial charge >= 0.3 is 6.36 Å². The van der Waals surface area contributed by atoms with Gasteiger partial charge in [0.25, 0.3) is 5.91 Å². The van der Waals surface area contributed by atoms with Crippen LogP contribution in [0.1, 0.15) is 28.8 Å². The molecule has 128 valence electrons. The average Bonchev–Trinajstić information content (AvgIpc) is 3.04. The highest BCUT2D eigenvalue weighted by atomic mass is 19.4. The first-order chi connectivity index (χ1) is 11.0. The van der Waals surface area contributed by atoms with E-state index < -0.39 is 13.0 Å². The van der Waals surface area contributed by atoms with Gasteiger partial charge in [0, 0.05) is 31.7 Å². The van der Waals surface area contributed by atoms with Crippen LogP contribution in [0.15, 0.2) is 24.3 Å². The summed E-state index contributed by atoms with van der Waals surface area (Å²) < 4.78 is 38.9. The molecule has 2 rings (SSSR count). The third-order valence-electron chi connectivity index (χ3n) is 3.50. The Balaban J connectivity index is 1.67. The summed E-state index contributed by atoms with van der Waals surface area (Å²) in [6.45, 7) is 1.63. The average molecular weight is 331 g/mol. The van der Waals surface area contributed by atoms with Gasteiger partial charge in [0.1, 0.15) is 0 Å². The van der Waals surface area contributed by atoms with E-state index in [4.69, 9.17) is 0 Å². The first-order valence-electron chi connectivity index (χ1n) is 7.50. The number of hydrazine groups is 1. The number of amides is 1. The topological polar surface area (TPSA) is 53.6 Å². The lowest BCUT2D eigenvalue weighted by Crippen LogP contribution is -2.35. The zero-order valence-corrected chi connectivity index (χ0v) is 12.7. The second-order valence-corrected chi connectivity index (χ2v) is 5.27. The van der Waals surface area contributed by atoms with E-state index in [1.54, 1.807) is 12.1 Å². The second-order valence-electron chi connectivity index (χ2n) is 5.27. The number of carbonyl (C=O) groups excluding carboxylic acids is 1. The zero-order chi connectivity index (χ0) is 16.7. The number of nitrogens with zero attached hydrogens (tertiary/aromatic N) is 1. The molecular formula is C15H20F3N3O2. The van der Waals surface area contributed by atoms with Crippen molar-refractivity contribution in [3.05, 3.63) is 35.4 Å². The molecular weight excluding hydrogens is 311 g/mol. The van der Waals surface area contributed by atoms with Crippen molar-refractivity contribution in [1.82, 2.24) is 15.8 Å². The summed E-state index contributed by atoms with van der Waals surface area (Å²) in [6, 6.07) is 7.18. The maximum absolute atomic E-state index is 12.2. The molecule has 1 aliphatic rings. The Morgan fingerprint density at radius 1 is 1.13 bits per heavy atom. The highest BCUT2D eigenvalue weighted by Gasteiger charge is 2.28. The fourth-order valence-corrected chi connectivity index (χ4v) is 2.34. The predicted octanol–water partition coefficient (Wildman–Crippen LogP) is 2.05. The molecule has 0 aromatic heterocycles. The minimum Gasteiger partial charge on any atom is -0.339 e.